The van der Waals surface area contributed by atoms with E-state index in [9.17, 15) is 4.79 Å². The van der Waals surface area contributed by atoms with Crippen LogP contribution in [0.5, 0.6) is 5.75 Å². The second-order valence-corrected chi connectivity index (χ2v) is 6.45. The van der Waals surface area contributed by atoms with Crippen LogP contribution >= 0.6 is 27.3 Å². The number of carbonyl (C=O) groups excluding carboxylic acids is 1. The van der Waals surface area contributed by atoms with Gasteiger partial charge in [-0.15, -0.1) is 11.3 Å². The molecule has 0 aliphatic carbocycles. The molecule has 4 nitrogen and oxygen atoms in total. The van der Waals surface area contributed by atoms with Crippen LogP contribution in [-0.4, -0.2) is 12.5 Å². The Bertz CT molecular complexity index is 631. The highest BCUT2D eigenvalue weighted by Crippen LogP contribution is 2.21. The van der Waals surface area contributed by atoms with Gasteiger partial charge in [0.2, 0.25) is 0 Å². The zero-order chi connectivity index (χ0) is 14.4. The summed E-state index contributed by atoms with van der Waals surface area (Å²) >= 11 is 4.95. The Hall–Kier alpha value is -1.84. The van der Waals surface area contributed by atoms with Crippen LogP contribution in [0, 0.1) is 11.3 Å². The molecule has 0 aliphatic heterocycles. The van der Waals surface area contributed by atoms with Gasteiger partial charge in [0.15, 0.2) is 6.61 Å². The number of carbonyl (C=O) groups is 1. The van der Waals surface area contributed by atoms with E-state index in [0.717, 1.165) is 8.66 Å². The number of hydrogen-bond acceptors (Lipinski definition) is 4. The molecule has 1 aromatic heterocycles. The number of amides is 1. The van der Waals surface area contributed by atoms with Crippen LogP contribution in [0.25, 0.3) is 0 Å². The van der Waals surface area contributed by atoms with Crippen LogP contribution < -0.4 is 10.1 Å². The smallest absolute Gasteiger partial charge is 0.258 e. The van der Waals surface area contributed by atoms with Gasteiger partial charge in [-0.1, -0.05) is 0 Å². The standard InChI is InChI=1S/C14H11BrN2O2S/c15-13-6-5-12(20-13)8-17-14(18)9-19-11-3-1-10(7-16)2-4-11/h1-6H,8-9H2,(H,17,18). The monoisotopic (exact) mass is 350 g/mol. The van der Waals surface area contributed by atoms with E-state index in [4.69, 9.17) is 10.00 Å². The van der Waals surface area contributed by atoms with Gasteiger partial charge in [0, 0.05) is 4.88 Å². The van der Waals surface area contributed by atoms with Gasteiger partial charge in [-0.2, -0.15) is 5.26 Å². The van der Waals surface area contributed by atoms with Crippen LogP contribution in [-0.2, 0) is 11.3 Å². The minimum Gasteiger partial charge on any atom is -0.484 e. The molecule has 1 N–H and O–H groups in total. The second-order valence-electron chi connectivity index (χ2n) is 3.91. The van der Waals surface area contributed by atoms with Crippen molar-refractivity contribution in [2.75, 3.05) is 6.61 Å². The minimum absolute atomic E-state index is 0.0432. The van der Waals surface area contributed by atoms with Crippen LogP contribution in [0.2, 0.25) is 0 Å². The summed E-state index contributed by atoms with van der Waals surface area (Å²) in [6, 6.07) is 12.6. The summed E-state index contributed by atoms with van der Waals surface area (Å²) in [5.74, 6) is 0.386. The predicted molar refractivity (Wildman–Crippen MR) is 80.5 cm³/mol. The van der Waals surface area contributed by atoms with E-state index in [-0.39, 0.29) is 12.5 Å². The molecule has 1 aromatic carbocycles. The number of thiophene rings is 1. The highest BCUT2D eigenvalue weighted by Gasteiger charge is 2.04. The fraction of sp³-hybridized carbons (Fsp3) is 0.143. The Labute approximate surface area is 129 Å². The molecular formula is C14H11BrN2O2S. The van der Waals surface area contributed by atoms with Gasteiger partial charge < -0.3 is 10.1 Å². The second kappa shape index (κ2) is 7.08. The zero-order valence-corrected chi connectivity index (χ0v) is 12.8. The van der Waals surface area contributed by atoms with Crippen molar-refractivity contribution in [1.82, 2.24) is 5.32 Å². The normalized spacial score (nSPS) is 9.80. The van der Waals surface area contributed by atoms with Crippen molar-refractivity contribution >= 4 is 33.2 Å². The molecule has 6 heteroatoms. The van der Waals surface area contributed by atoms with Crippen molar-refractivity contribution < 1.29 is 9.53 Å². The summed E-state index contributed by atoms with van der Waals surface area (Å²) in [5, 5.41) is 11.4. The Morgan fingerprint density at radius 3 is 2.65 bits per heavy atom. The average Bonchev–Trinajstić information content (AvgIpc) is 2.89. The van der Waals surface area contributed by atoms with Crippen molar-refractivity contribution in [2.24, 2.45) is 0 Å². The molecule has 0 saturated carbocycles. The van der Waals surface area contributed by atoms with Gasteiger partial charge in [-0.3, -0.25) is 4.79 Å². The Morgan fingerprint density at radius 2 is 2.05 bits per heavy atom. The summed E-state index contributed by atoms with van der Waals surface area (Å²) in [6.45, 7) is 0.449. The van der Waals surface area contributed by atoms with E-state index in [1.807, 2.05) is 18.2 Å². The molecule has 20 heavy (non-hydrogen) atoms. The third-order valence-electron chi connectivity index (χ3n) is 2.44. The highest BCUT2D eigenvalue weighted by atomic mass is 79.9. The maximum Gasteiger partial charge on any atom is 0.258 e. The number of nitrogens with zero attached hydrogens (tertiary/aromatic N) is 1. The van der Waals surface area contributed by atoms with E-state index < -0.39 is 0 Å². The lowest BCUT2D eigenvalue weighted by Gasteiger charge is -2.06. The third kappa shape index (κ3) is 4.37. The molecule has 0 aliphatic rings. The topological polar surface area (TPSA) is 62.1 Å². The van der Waals surface area contributed by atoms with Crippen molar-refractivity contribution in [2.45, 2.75) is 6.54 Å². The number of nitriles is 1. The Balaban J connectivity index is 1.75. The number of rotatable bonds is 5. The number of ether oxygens (including phenoxy) is 1. The molecule has 0 atom stereocenters. The molecule has 0 saturated heterocycles. The molecule has 0 spiro atoms. The maximum absolute atomic E-state index is 11.6. The van der Waals surface area contributed by atoms with Crippen LogP contribution in [0.4, 0.5) is 0 Å². The molecule has 0 radical (unpaired) electrons. The summed E-state index contributed by atoms with van der Waals surface area (Å²) in [6.07, 6.45) is 0. The molecular weight excluding hydrogens is 340 g/mol. The zero-order valence-electron chi connectivity index (χ0n) is 10.4. The fourth-order valence-electron chi connectivity index (χ4n) is 1.46. The average molecular weight is 351 g/mol. The molecule has 0 bridgehead atoms. The summed E-state index contributed by atoms with van der Waals surface area (Å²) in [7, 11) is 0. The first-order valence-corrected chi connectivity index (χ1v) is 7.42. The van der Waals surface area contributed by atoms with Gasteiger partial charge in [0.1, 0.15) is 5.75 Å². The molecule has 2 aromatic rings. The Kier molecular flexibility index (Phi) is 5.16. The van der Waals surface area contributed by atoms with Crippen molar-refractivity contribution in [3.8, 4) is 11.8 Å². The highest BCUT2D eigenvalue weighted by molar-refractivity contribution is 9.11. The summed E-state index contributed by atoms with van der Waals surface area (Å²) < 4.78 is 6.37. The van der Waals surface area contributed by atoms with E-state index in [1.165, 1.54) is 0 Å². The lowest BCUT2D eigenvalue weighted by atomic mass is 10.2. The molecule has 0 fully saturated rings. The van der Waals surface area contributed by atoms with Gasteiger partial charge in [0.25, 0.3) is 5.91 Å². The SMILES string of the molecule is N#Cc1ccc(OCC(=O)NCc2ccc(Br)s2)cc1. The van der Waals surface area contributed by atoms with E-state index in [0.29, 0.717) is 17.9 Å². The largest absolute Gasteiger partial charge is 0.484 e. The molecule has 102 valence electrons. The van der Waals surface area contributed by atoms with Crippen LogP contribution in [0.15, 0.2) is 40.2 Å². The first-order chi connectivity index (χ1) is 9.67. The van der Waals surface area contributed by atoms with Crippen molar-refractivity contribution in [1.29, 1.82) is 5.26 Å². The molecule has 1 amide bonds. The van der Waals surface area contributed by atoms with Gasteiger partial charge in [-0.05, 0) is 52.3 Å². The number of halogens is 1. The molecule has 1 heterocycles. The first-order valence-electron chi connectivity index (χ1n) is 5.81. The summed E-state index contributed by atoms with van der Waals surface area (Å²) in [4.78, 5) is 12.7. The first kappa shape index (κ1) is 14.6. The minimum atomic E-state index is -0.182. The van der Waals surface area contributed by atoms with Gasteiger partial charge >= 0.3 is 0 Å². The van der Waals surface area contributed by atoms with Gasteiger partial charge in [-0.25, -0.2) is 0 Å². The lowest BCUT2D eigenvalue weighted by Crippen LogP contribution is -2.28. The van der Waals surface area contributed by atoms with E-state index >= 15 is 0 Å². The molecule has 2 rings (SSSR count). The Morgan fingerprint density at radius 1 is 1.30 bits per heavy atom. The number of hydrogen-bond donors (Lipinski definition) is 1. The van der Waals surface area contributed by atoms with Crippen LogP contribution in [0.1, 0.15) is 10.4 Å². The fourth-order valence-corrected chi connectivity index (χ4v) is 2.88. The van der Waals surface area contributed by atoms with Crippen molar-refractivity contribution in [3.63, 3.8) is 0 Å². The van der Waals surface area contributed by atoms with E-state index in [1.54, 1.807) is 35.6 Å². The quantitative estimate of drug-likeness (QED) is 0.901. The molecule has 0 unspecified atom stereocenters. The van der Waals surface area contributed by atoms with Crippen LogP contribution in [0.3, 0.4) is 0 Å². The van der Waals surface area contributed by atoms with Gasteiger partial charge in [0.05, 0.1) is 22.0 Å². The van der Waals surface area contributed by atoms with Crippen molar-refractivity contribution in [3.05, 3.63) is 50.6 Å². The van der Waals surface area contributed by atoms with E-state index in [2.05, 4.69) is 21.2 Å². The number of nitrogens with one attached hydrogen (secondary N) is 1. The summed E-state index contributed by atoms with van der Waals surface area (Å²) in [5.41, 5.74) is 0.560. The third-order valence-corrected chi connectivity index (χ3v) is 4.07. The number of benzene rings is 1. The maximum atomic E-state index is 11.6. The predicted octanol–water partition coefficient (Wildman–Crippen LogP) is 3.08. The lowest BCUT2D eigenvalue weighted by molar-refractivity contribution is -0.123.